The van der Waals surface area contributed by atoms with Crippen molar-refractivity contribution in [3.8, 4) is 5.75 Å². The number of rotatable bonds is 4. The van der Waals surface area contributed by atoms with E-state index in [9.17, 15) is 4.79 Å². The fraction of sp³-hybridized carbons (Fsp3) is 0.133. The van der Waals surface area contributed by atoms with Crippen molar-refractivity contribution < 1.29 is 9.53 Å². The van der Waals surface area contributed by atoms with Gasteiger partial charge in [0.2, 0.25) is 0 Å². The van der Waals surface area contributed by atoms with E-state index in [4.69, 9.17) is 4.74 Å². The largest absolute Gasteiger partial charge is 0.494 e. The molecule has 0 aromatic heterocycles. The molecule has 2 rings (SSSR count). The van der Waals surface area contributed by atoms with E-state index in [1.165, 1.54) is 0 Å². The maximum atomic E-state index is 12.0. The van der Waals surface area contributed by atoms with Gasteiger partial charge in [-0.3, -0.25) is 4.79 Å². The van der Waals surface area contributed by atoms with Crippen molar-refractivity contribution >= 4 is 24.2 Å². The third-order valence-electron chi connectivity index (χ3n) is 2.55. The maximum absolute atomic E-state index is 12.0. The minimum absolute atomic E-state index is 0.141. The SMILES string of the molecule is CCOc1ccc(NC(=O)c2ccc(S)cc2)cc1. The summed E-state index contributed by atoms with van der Waals surface area (Å²) in [5, 5.41) is 2.83. The number of benzene rings is 2. The summed E-state index contributed by atoms with van der Waals surface area (Å²) in [6.07, 6.45) is 0. The molecular formula is C15H15NO2S. The van der Waals surface area contributed by atoms with Crippen molar-refractivity contribution in [2.24, 2.45) is 0 Å². The molecule has 0 aliphatic rings. The van der Waals surface area contributed by atoms with E-state index < -0.39 is 0 Å². The van der Waals surface area contributed by atoms with E-state index in [0.717, 1.165) is 16.3 Å². The lowest BCUT2D eigenvalue weighted by molar-refractivity contribution is 0.102. The van der Waals surface area contributed by atoms with Crippen LogP contribution in [0.25, 0.3) is 0 Å². The van der Waals surface area contributed by atoms with Gasteiger partial charge in [-0.15, -0.1) is 12.6 Å². The predicted molar refractivity (Wildman–Crippen MR) is 79.3 cm³/mol. The van der Waals surface area contributed by atoms with E-state index >= 15 is 0 Å². The average molecular weight is 273 g/mol. The summed E-state index contributed by atoms with van der Waals surface area (Å²) in [5.74, 6) is 0.650. The van der Waals surface area contributed by atoms with Gasteiger partial charge in [0.05, 0.1) is 6.61 Å². The van der Waals surface area contributed by atoms with E-state index in [1.54, 1.807) is 24.3 Å². The Morgan fingerprint density at radius 1 is 1.11 bits per heavy atom. The third kappa shape index (κ3) is 3.76. The molecule has 2 aromatic rings. The number of thiol groups is 1. The van der Waals surface area contributed by atoms with Gasteiger partial charge in [-0.1, -0.05) is 0 Å². The van der Waals surface area contributed by atoms with Crippen LogP contribution in [0.5, 0.6) is 5.75 Å². The Bertz CT molecular complexity index is 549. The molecular weight excluding hydrogens is 258 g/mol. The standard InChI is InChI=1S/C15H15NO2S/c1-2-18-13-7-5-12(6-8-13)16-15(17)11-3-9-14(19)10-4-11/h3-10,19H,2H2,1H3,(H,16,17). The molecule has 1 amide bonds. The summed E-state index contributed by atoms with van der Waals surface area (Å²) >= 11 is 4.18. The highest BCUT2D eigenvalue weighted by atomic mass is 32.1. The van der Waals surface area contributed by atoms with Gasteiger partial charge >= 0.3 is 0 Å². The van der Waals surface area contributed by atoms with Gasteiger partial charge in [0.25, 0.3) is 5.91 Å². The zero-order chi connectivity index (χ0) is 13.7. The van der Waals surface area contributed by atoms with Crippen LogP contribution in [0, 0.1) is 0 Å². The Balaban J connectivity index is 2.04. The fourth-order valence-electron chi connectivity index (χ4n) is 1.62. The van der Waals surface area contributed by atoms with E-state index in [1.807, 2.05) is 31.2 Å². The molecule has 98 valence electrons. The number of carbonyl (C=O) groups excluding carboxylic acids is 1. The van der Waals surface area contributed by atoms with Crippen molar-refractivity contribution in [1.29, 1.82) is 0 Å². The highest BCUT2D eigenvalue weighted by Gasteiger charge is 2.05. The normalized spacial score (nSPS) is 10.0. The zero-order valence-corrected chi connectivity index (χ0v) is 11.5. The summed E-state index contributed by atoms with van der Waals surface area (Å²) in [6.45, 7) is 2.56. The van der Waals surface area contributed by atoms with E-state index in [-0.39, 0.29) is 5.91 Å². The van der Waals surface area contributed by atoms with Crippen LogP contribution in [0.2, 0.25) is 0 Å². The van der Waals surface area contributed by atoms with E-state index in [2.05, 4.69) is 17.9 Å². The van der Waals surface area contributed by atoms with Gasteiger partial charge < -0.3 is 10.1 Å². The molecule has 0 spiro atoms. The molecule has 1 N–H and O–H groups in total. The topological polar surface area (TPSA) is 38.3 Å². The van der Waals surface area contributed by atoms with Crippen LogP contribution in [-0.2, 0) is 0 Å². The molecule has 2 aromatic carbocycles. The first kappa shape index (κ1) is 13.5. The van der Waals surface area contributed by atoms with Crippen LogP contribution in [0.1, 0.15) is 17.3 Å². The molecule has 0 aliphatic heterocycles. The number of anilines is 1. The monoisotopic (exact) mass is 273 g/mol. The van der Waals surface area contributed by atoms with Gasteiger partial charge in [0.15, 0.2) is 0 Å². The highest BCUT2D eigenvalue weighted by Crippen LogP contribution is 2.16. The molecule has 0 saturated heterocycles. The van der Waals surface area contributed by atoms with Gasteiger partial charge in [-0.2, -0.15) is 0 Å². The number of carbonyl (C=O) groups is 1. The summed E-state index contributed by atoms with van der Waals surface area (Å²) < 4.78 is 5.34. The van der Waals surface area contributed by atoms with Gasteiger partial charge in [0.1, 0.15) is 5.75 Å². The van der Waals surface area contributed by atoms with Crippen LogP contribution >= 0.6 is 12.6 Å². The maximum Gasteiger partial charge on any atom is 0.255 e. The smallest absolute Gasteiger partial charge is 0.255 e. The van der Waals surface area contributed by atoms with Crippen LogP contribution < -0.4 is 10.1 Å². The Labute approximate surface area is 118 Å². The second-order valence-electron chi connectivity index (χ2n) is 3.96. The molecule has 4 heteroatoms. The van der Waals surface area contributed by atoms with Crippen LogP contribution in [-0.4, -0.2) is 12.5 Å². The highest BCUT2D eigenvalue weighted by molar-refractivity contribution is 7.80. The lowest BCUT2D eigenvalue weighted by Gasteiger charge is -2.07. The van der Waals surface area contributed by atoms with Crippen molar-refractivity contribution in [3.05, 3.63) is 54.1 Å². The first-order valence-corrected chi connectivity index (χ1v) is 6.47. The second kappa shape index (κ2) is 6.29. The molecule has 0 radical (unpaired) electrons. The van der Waals surface area contributed by atoms with Crippen LogP contribution in [0.4, 0.5) is 5.69 Å². The lowest BCUT2D eigenvalue weighted by Crippen LogP contribution is -2.11. The summed E-state index contributed by atoms with van der Waals surface area (Å²) in [6, 6.07) is 14.3. The molecule has 0 bridgehead atoms. The molecule has 0 heterocycles. The minimum Gasteiger partial charge on any atom is -0.494 e. The zero-order valence-electron chi connectivity index (χ0n) is 10.6. The number of nitrogens with one attached hydrogen (secondary N) is 1. The third-order valence-corrected chi connectivity index (χ3v) is 2.85. The Kier molecular flexibility index (Phi) is 4.47. The van der Waals surface area contributed by atoms with Gasteiger partial charge in [-0.05, 0) is 55.5 Å². The molecule has 0 unspecified atom stereocenters. The molecule has 0 aliphatic carbocycles. The predicted octanol–water partition coefficient (Wildman–Crippen LogP) is 3.63. The summed E-state index contributed by atoms with van der Waals surface area (Å²) in [5.41, 5.74) is 1.34. The van der Waals surface area contributed by atoms with E-state index in [0.29, 0.717) is 12.2 Å². The molecule has 19 heavy (non-hydrogen) atoms. The molecule has 0 fully saturated rings. The van der Waals surface area contributed by atoms with Crippen LogP contribution in [0.3, 0.4) is 0 Å². The van der Waals surface area contributed by atoms with Gasteiger partial charge in [0, 0.05) is 16.1 Å². The first-order valence-electron chi connectivity index (χ1n) is 6.02. The lowest BCUT2D eigenvalue weighted by atomic mass is 10.2. The van der Waals surface area contributed by atoms with Crippen molar-refractivity contribution in [2.45, 2.75) is 11.8 Å². The summed E-state index contributed by atoms with van der Waals surface area (Å²) in [7, 11) is 0. The minimum atomic E-state index is -0.141. The first-order chi connectivity index (χ1) is 9.19. The summed E-state index contributed by atoms with van der Waals surface area (Å²) in [4.78, 5) is 12.8. The molecule has 3 nitrogen and oxygen atoms in total. The van der Waals surface area contributed by atoms with Crippen molar-refractivity contribution in [3.63, 3.8) is 0 Å². The fourth-order valence-corrected chi connectivity index (χ4v) is 1.77. The average Bonchev–Trinajstić information content (AvgIpc) is 2.42. The quantitative estimate of drug-likeness (QED) is 0.835. The van der Waals surface area contributed by atoms with Crippen molar-refractivity contribution in [1.82, 2.24) is 0 Å². The van der Waals surface area contributed by atoms with Crippen LogP contribution in [0.15, 0.2) is 53.4 Å². The molecule has 0 atom stereocenters. The number of hydrogen-bond donors (Lipinski definition) is 2. The van der Waals surface area contributed by atoms with Crippen molar-refractivity contribution in [2.75, 3.05) is 11.9 Å². The molecule has 0 saturated carbocycles. The Hall–Kier alpha value is -1.94. The number of ether oxygens (including phenoxy) is 1. The van der Waals surface area contributed by atoms with Gasteiger partial charge in [-0.25, -0.2) is 0 Å². The second-order valence-corrected chi connectivity index (χ2v) is 4.47. The Morgan fingerprint density at radius 3 is 2.32 bits per heavy atom. The number of amides is 1. The number of hydrogen-bond acceptors (Lipinski definition) is 3. The Morgan fingerprint density at radius 2 is 1.74 bits per heavy atom.